The van der Waals surface area contributed by atoms with E-state index in [0.717, 1.165) is 18.9 Å². The molecular formula is C21H23F2N3O3. The number of benzene rings is 1. The molecule has 0 spiro atoms. The SMILES string of the molecule is Cc1c(N2CCC/C(=C(\F)CN)C2)c(F)cc2c(=O)c(C(=O)O)cn(C3CC3)c12. The van der Waals surface area contributed by atoms with Crippen molar-refractivity contribution in [2.75, 3.05) is 24.5 Å². The van der Waals surface area contributed by atoms with Crippen LogP contribution in [0.3, 0.4) is 0 Å². The van der Waals surface area contributed by atoms with Crippen LogP contribution in [0, 0.1) is 12.7 Å². The predicted molar refractivity (Wildman–Crippen MR) is 107 cm³/mol. The smallest absolute Gasteiger partial charge is 0.341 e. The third-order valence-electron chi connectivity index (χ3n) is 5.82. The van der Waals surface area contributed by atoms with E-state index in [-0.39, 0.29) is 35.9 Å². The zero-order chi connectivity index (χ0) is 20.9. The monoisotopic (exact) mass is 403 g/mol. The molecule has 1 aromatic heterocycles. The molecule has 1 aliphatic carbocycles. The highest BCUT2D eigenvalue weighted by Crippen LogP contribution is 2.40. The van der Waals surface area contributed by atoms with Crippen LogP contribution >= 0.6 is 0 Å². The Bertz CT molecular complexity index is 1100. The highest BCUT2D eigenvalue weighted by Gasteiger charge is 2.30. The maximum atomic E-state index is 15.2. The first-order valence-corrected chi connectivity index (χ1v) is 9.76. The van der Waals surface area contributed by atoms with Crippen LogP contribution in [0.4, 0.5) is 14.5 Å². The van der Waals surface area contributed by atoms with Gasteiger partial charge in [-0.25, -0.2) is 13.6 Å². The van der Waals surface area contributed by atoms with Crippen molar-refractivity contribution in [3.8, 4) is 0 Å². The molecule has 0 amide bonds. The van der Waals surface area contributed by atoms with Crippen LogP contribution < -0.4 is 16.1 Å². The lowest BCUT2D eigenvalue weighted by molar-refractivity contribution is 0.0695. The Balaban J connectivity index is 1.93. The Hall–Kier alpha value is -2.74. The molecule has 0 radical (unpaired) electrons. The number of rotatable bonds is 4. The van der Waals surface area contributed by atoms with Crippen molar-refractivity contribution in [2.24, 2.45) is 5.73 Å². The third kappa shape index (κ3) is 3.31. The summed E-state index contributed by atoms with van der Waals surface area (Å²) in [5, 5.41) is 9.45. The van der Waals surface area contributed by atoms with Crippen LogP contribution in [0.25, 0.3) is 10.9 Å². The van der Waals surface area contributed by atoms with Crippen LogP contribution in [0.15, 0.2) is 28.5 Å². The lowest BCUT2D eigenvalue weighted by Crippen LogP contribution is -2.33. The van der Waals surface area contributed by atoms with Crippen molar-refractivity contribution in [1.29, 1.82) is 0 Å². The van der Waals surface area contributed by atoms with E-state index in [2.05, 4.69) is 0 Å². The predicted octanol–water partition coefficient (Wildman–Crippen LogP) is 3.26. The van der Waals surface area contributed by atoms with E-state index in [9.17, 15) is 19.1 Å². The number of carbonyl (C=O) groups is 1. The summed E-state index contributed by atoms with van der Waals surface area (Å²) in [4.78, 5) is 26.0. The first-order chi connectivity index (χ1) is 13.8. The molecule has 1 saturated carbocycles. The van der Waals surface area contributed by atoms with E-state index >= 15 is 4.39 Å². The summed E-state index contributed by atoms with van der Waals surface area (Å²) in [7, 11) is 0. The average molecular weight is 403 g/mol. The number of hydrogen-bond donors (Lipinski definition) is 2. The molecule has 2 fully saturated rings. The summed E-state index contributed by atoms with van der Waals surface area (Å²) < 4.78 is 31.0. The molecule has 2 heterocycles. The minimum atomic E-state index is -1.32. The summed E-state index contributed by atoms with van der Waals surface area (Å²) >= 11 is 0. The van der Waals surface area contributed by atoms with E-state index in [4.69, 9.17) is 5.73 Å². The average Bonchev–Trinajstić information content (AvgIpc) is 3.53. The van der Waals surface area contributed by atoms with Crippen LogP contribution in [0.2, 0.25) is 0 Å². The van der Waals surface area contributed by atoms with Crippen molar-refractivity contribution in [3.05, 3.63) is 50.8 Å². The quantitative estimate of drug-likeness (QED) is 0.818. The number of piperidine rings is 1. The van der Waals surface area contributed by atoms with Gasteiger partial charge in [0.2, 0.25) is 5.43 Å². The molecule has 1 saturated heterocycles. The van der Waals surface area contributed by atoms with Gasteiger partial charge in [-0.15, -0.1) is 0 Å². The number of nitrogens with zero attached hydrogens (tertiary/aromatic N) is 2. The largest absolute Gasteiger partial charge is 0.477 e. The summed E-state index contributed by atoms with van der Waals surface area (Å²) in [5.74, 6) is -2.29. The van der Waals surface area contributed by atoms with Crippen molar-refractivity contribution in [3.63, 3.8) is 0 Å². The van der Waals surface area contributed by atoms with E-state index in [1.54, 1.807) is 16.4 Å². The summed E-state index contributed by atoms with van der Waals surface area (Å²) in [5.41, 5.74) is 6.39. The summed E-state index contributed by atoms with van der Waals surface area (Å²) in [6.45, 7) is 2.36. The molecular weight excluding hydrogens is 380 g/mol. The Morgan fingerprint density at radius 3 is 2.72 bits per heavy atom. The molecule has 3 N–H and O–H groups in total. The maximum Gasteiger partial charge on any atom is 0.341 e. The molecule has 0 bridgehead atoms. The molecule has 1 aromatic carbocycles. The summed E-state index contributed by atoms with van der Waals surface area (Å²) in [6, 6.07) is 1.22. The van der Waals surface area contributed by atoms with E-state index in [0.29, 0.717) is 41.7 Å². The number of aromatic carboxylic acids is 1. The highest BCUT2D eigenvalue weighted by molar-refractivity contribution is 5.95. The molecule has 0 atom stereocenters. The topological polar surface area (TPSA) is 88.6 Å². The van der Waals surface area contributed by atoms with Crippen molar-refractivity contribution in [2.45, 2.75) is 38.6 Å². The van der Waals surface area contributed by atoms with E-state index in [1.807, 2.05) is 0 Å². The van der Waals surface area contributed by atoms with E-state index in [1.165, 1.54) is 6.20 Å². The van der Waals surface area contributed by atoms with Gasteiger partial charge in [-0.1, -0.05) is 0 Å². The molecule has 0 unspecified atom stereocenters. The number of halogens is 2. The summed E-state index contributed by atoms with van der Waals surface area (Å²) in [6.07, 6.45) is 4.38. The minimum absolute atomic E-state index is 0.0662. The number of carboxylic acids is 1. The second kappa shape index (κ2) is 7.26. The zero-order valence-electron chi connectivity index (χ0n) is 16.2. The fourth-order valence-corrected chi connectivity index (χ4v) is 4.28. The fraction of sp³-hybridized carbons (Fsp3) is 0.429. The number of fused-ring (bicyclic) bond motifs is 1. The number of anilines is 1. The van der Waals surface area contributed by atoms with Crippen molar-refractivity contribution < 1.29 is 18.7 Å². The standard InChI is InChI=1S/C21H23F2N3O3/c1-11-18-14(20(27)15(21(28)29)10-26(18)13-4-5-13)7-16(22)19(11)25-6-2-3-12(9-25)17(23)8-24/h7,10,13H,2-6,8-9,24H2,1H3,(H,28,29)/b17-12+. The van der Waals surface area contributed by atoms with Gasteiger partial charge in [-0.05, 0) is 49.8 Å². The lowest BCUT2D eigenvalue weighted by atomic mass is 9.99. The minimum Gasteiger partial charge on any atom is -0.477 e. The van der Waals surface area contributed by atoms with E-state index < -0.39 is 17.2 Å². The Labute approximate surface area is 166 Å². The number of carboxylic acid groups (broad SMARTS) is 1. The molecule has 6 nitrogen and oxygen atoms in total. The third-order valence-corrected chi connectivity index (χ3v) is 5.82. The normalized spacial score (nSPS) is 19.0. The van der Waals surface area contributed by atoms with Gasteiger partial charge in [0.1, 0.15) is 17.2 Å². The van der Waals surface area contributed by atoms with Crippen LogP contribution in [0.5, 0.6) is 0 Å². The van der Waals surface area contributed by atoms with Gasteiger partial charge < -0.3 is 20.3 Å². The molecule has 4 rings (SSSR count). The lowest BCUT2D eigenvalue weighted by Gasteiger charge is -2.33. The molecule has 8 heteroatoms. The second-order valence-electron chi connectivity index (χ2n) is 7.78. The fourth-order valence-electron chi connectivity index (χ4n) is 4.28. The van der Waals surface area contributed by atoms with Gasteiger partial charge in [0, 0.05) is 37.3 Å². The van der Waals surface area contributed by atoms with Crippen molar-refractivity contribution in [1.82, 2.24) is 4.57 Å². The molecule has 154 valence electrons. The van der Waals surface area contributed by atoms with Gasteiger partial charge >= 0.3 is 5.97 Å². The zero-order valence-corrected chi connectivity index (χ0v) is 16.2. The van der Waals surface area contributed by atoms with Crippen LogP contribution in [0.1, 0.15) is 47.6 Å². The van der Waals surface area contributed by atoms with Crippen LogP contribution in [-0.2, 0) is 0 Å². The number of pyridine rings is 1. The van der Waals surface area contributed by atoms with Gasteiger partial charge in [-0.3, -0.25) is 4.79 Å². The van der Waals surface area contributed by atoms with Gasteiger partial charge in [0.15, 0.2) is 0 Å². The van der Waals surface area contributed by atoms with Gasteiger partial charge in [-0.2, -0.15) is 0 Å². The van der Waals surface area contributed by atoms with Crippen LogP contribution in [-0.4, -0.2) is 35.3 Å². The number of nitrogens with two attached hydrogens (primary N) is 1. The molecule has 29 heavy (non-hydrogen) atoms. The maximum absolute atomic E-state index is 15.2. The van der Waals surface area contributed by atoms with Crippen molar-refractivity contribution >= 4 is 22.6 Å². The second-order valence-corrected chi connectivity index (χ2v) is 7.78. The number of hydrogen-bond acceptors (Lipinski definition) is 4. The highest BCUT2D eigenvalue weighted by atomic mass is 19.1. The Kier molecular flexibility index (Phi) is 4.90. The first kappa shape index (κ1) is 19.6. The first-order valence-electron chi connectivity index (χ1n) is 9.76. The number of aryl methyl sites for hydroxylation is 1. The van der Waals surface area contributed by atoms with Gasteiger partial charge in [0.05, 0.1) is 11.2 Å². The molecule has 2 aromatic rings. The van der Waals surface area contributed by atoms with Gasteiger partial charge in [0.25, 0.3) is 0 Å². The Morgan fingerprint density at radius 1 is 1.38 bits per heavy atom. The number of aromatic nitrogens is 1. The molecule has 2 aliphatic rings. The Morgan fingerprint density at radius 2 is 2.10 bits per heavy atom. The molecule has 1 aliphatic heterocycles.